The molecule has 9 nitrogen and oxygen atoms in total. The van der Waals surface area contributed by atoms with Gasteiger partial charge in [-0.15, -0.1) is 10.2 Å². The molecular weight excluding hydrogens is 408 g/mol. The number of phenols is 1. The number of phenolic OH excluding ortho intramolecular Hbond substituents is 1. The van der Waals surface area contributed by atoms with E-state index in [-0.39, 0.29) is 21.4 Å². The monoisotopic (exact) mass is 424 g/mol. The Morgan fingerprint density at radius 3 is 2.46 bits per heavy atom. The summed E-state index contributed by atoms with van der Waals surface area (Å²) in [6.07, 6.45) is 0. The van der Waals surface area contributed by atoms with Crippen molar-refractivity contribution < 1.29 is 23.4 Å². The summed E-state index contributed by atoms with van der Waals surface area (Å²) in [5.74, 6) is -1.60. The van der Waals surface area contributed by atoms with Crippen LogP contribution in [0.15, 0.2) is 69.0 Å². The predicted molar refractivity (Wildman–Crippen MR) is 104 cm³/mol. The number of rotatable bonds is 6. The average molecular weight is 425 g/mol. The molecule has 0 spiro atoms. The Morgan fingerprint density at radius 1 is 1.18 bits per heavy atom. The van der Waals surface area contributed by atoms with Crippen molar-refractivity contribution in [3.05, 3.63) is 58.9 Å². The number of benzene rings is 2. The van der Waals surface area contributed by atoms with Crippen LogP contribution in [0.2, 0.25) is 5.02 Å². The number of azo groups is 1. The molecule has 1 amide bonds. The van der Waals surface area contributed by atoms with Gasteiger partial charge in [0.25, 0.3) is 5.91 Å². The number of hydrogen-bond donors (Lipinski definition) is 4. The molecule has 0 unspecified atom stereocenters. The molecule has 11 heteroatoms. The van der Waals surface area contributed by atoms with Crippen molar-refractivity contribution in [1.82, 2.24) is 4.72 Å². The first-order chi connectivity index (χ1) is 13.2. The van der Waals surface area contributed by atoms with Gasteiger partial charge in [0.2, 0.25) is 10.0 Å². The number of amides is 1. The number of halogens is 1. The molecule has 2 aromatic rings. The van der Waals surface area contributed by atoms with Crippen LogP contribution in [0.5, 0.6) is 5.75 Å². The highest BCUT2D eigenvalue weighted by Gasteiger charge is 2.17. The Bertz CT molecular complexity index is 1060. The number of para-hydroxylation sites is 1. The molecule has 0 saturated carbocycles. The van der Waals surface area contributed by atoms with Gasteiger partial charge in [0.1, 0.15) is 17.2 Å². The summed E-state index contributed by atoms with van der Waals surface area (Å²) in [5, 5.41) is 29.7. The van der Waals surface area contributed by atoms with Crippen LogP contribution >= 0.6 is 11.6 Å². The van der Waals surface area contributed by atoms with Gasteiger partial charge in [-0.3, -0.25) is 4.79 Å². The third kappa shape index (κ3) is 5.06. The lowest BCUT2D eigenvalue weighted by Crippen LogP contribution is -2.18. The zero-order valence-electron chi connectivity index (χ0n) is 14.8. The molecule has 0 heterocycles. The molecule has 0 fully saturated rings. The predicted octanol–water partition coefficient (Wildman–Crippen LogP) is 3.47. The summed E-state index contributed by atoms with van der Waals surface area (Å²) in [6, 6.07) is 9.83. The molecule has 0 aliphatic carbocycles. The zero-order chi connectivity index (χ0) is 20.9. The summed E-state index contributed by atoms with van der Waals surface area (Å²) < 4.78 is 25.9. The van der Waals surface area contributed by atoms with Gasteiger partial charge < -0.3 is 15.5 Å². The van der Waals surface area contributed by atoms with Gasteiger partial charge in [0.15, 0.2) is 5.70 Å². The van der Waals surface area contributed by atoms with Crippen LogP contribution in [0.3, 0.4) is 0 Å². The maximum atomic E-state index is 12.4. The largest absolute Gasteiger partial charge is 0.510 e. The van der Waals surface area contributed by atoms with E-state index in [1.807, 2.05) is 0 Å². The lowest BCUT2D eigenvalue weighted by molar-refractivity contribution is -0.113. The molecule has 0 atom stereocenters. The van der Waals surface area contributed by atoms with Gasteiger partial charge in [-0.1, -0.05) is 23.7 Å². The van der Waals surface area contributed by atoms with Crippen molar-refractivity contribution in [3.8, 4) is 5.75 Å². The summed E-state index contributed by atoms with van der Waals surface area (Å²) in [6.45, 7) is 1.22. The van der Waals surface area contributed by atoms with E-state index in [0.29, 0.717) is 5.69 Å². The second-order valence-electron chi connectivity index (χ2n) is 5.43. The number of aliphatic hydroxyl groups excluding tert-OH is 1. The van der Waals surface area contributed by atoms with E-state index in [0.717, 1.165) is 12.1 Å². The minimum Gasteiger partial charge on any atom is -0.510 e. The van der Waals surface area contributed by atoms with Gasteiger partial charge in [0.05, 0.1) is 15.6 Å². The first-order valence-electron chi connectivity index (χ1n) is 7.79. The molecule has 2 aromatic carbocycles. The van der Waals surface area contributed by atoms with Crippen molar-refractivity contribution in [2.24, 2.45) is 10.2 Å². The minimum absolute atomic E-state index is 0.159. The van der Waals surface area contributed by atoms with Crippen LogP contribution in [0, 0.1) is 0 Å². The molecule has 0 saturated heterocycles. The van der Waals surface area contributed by atoms with Gasteiger partial charge >= 0.3 is 0 Å². The van der Waals surface area contributed by atoms with E-state index in [4.69, 9.17) is 11.6 Å². The zero-order valence-corrected chi connectivity index (χ0v) is 16.4. The number of anilines is 1. The molecule has 0 aliphatic rings. The Balaban J connectivity index is 2.34. The molecule has 0 bridgehead atoms. The van der Waals surface area contributed by atoms with Crippen LogP contribution in [-0.4, -0.2) is 31.6 Å². The third-order valence-electron chi connectivity index (χ3n) is 3.46. The second kappa shape index (κ2) is 8.83. The molecule has 0 aromatic heterocycles. The SMILES string of the molecule is CNS(=O)(=O)c1ccc(O)c(N=N/C(C(=O)Nc2ccccc2Cl)=C(/C)O)c1. The summed E-state index contributed by atoms with van der Waals surface area (Å²) in [4.78, 5) is 12.2. The van der Waals surface area contributed by atoms with E-state index in [1.54, 1.807) is 24.3 Å². The molecule has 28 heavy (non-hydrogen) atoms. The number of carbonyl (C=O) groups is 1. The maximum absolute atomic E-state index is 12.4. The van der Waals surface area contributed by atoms with Crippen molar-refractivity contribution in [3.63, 3.8) is 0 Å². The number of nitrogens with zero attached hydrogens (tertiary/aromatic N) is 2. The standard InChI is InChI=1S/C17H17ClN4O5S/c1-10(23)16(17(25)20-13-6-4-3-5-12(13)18)22-21-14-9-11(7-8-15(14)24)28(26,27)19-2/h3-9,19,23-24H,1-2H3,(H,20,25)/b16-10-,22-21?. The van der Waals surface area contributed by atoms with Gasteiger partial charge in [0, 0.05) is 0 Å². The van der Waals surface area contributed by atoms with Crippen LogP contribution < -0.4 is 10.0 Å². The van der Waals surface area contributed by atoms with Crippen molar-refractivity contribution >= 4 is 38.9 Å². The Hall–Kier alpha value is -2.95. The minimum atomic E-state index is -3.77. The molecule has 148 valence electrons. The number of aromatic hydroxyl groups is 1. The van der Waals surface area contributed by atoms with Crippen LogP contribution in [0.1, 0.15) is 6.92 Å². The fourth-order valence-electron chi connectivity index (χ4n) is 2.00. The number of carbonyl (C=O) groups excluding carboxylic acids is 1. The van der Waals surface area contributed by atoms with E-state index < -0.39 is 27.4 Å². The maximum Gasteiger partial charge on any atom is 0.279 e. The van der Waals surface area contributed by atoms with Gasteiger partial charge in [-0.2, -0.15) is 0 Å². The molecule has 2 rings (SSSR count). The van der Waals surface area contributed by atoms with Crippen LogP contribution in [0.4, 0.5) is 11.4 Å². The fourth-order valence-corrected chi connectivity index (χ4v) is 2.93. The molecule has 4 N–H and O–H groups in total. The highest BCUT2D eigenvalue weighted by Crippen LogP contribution is 2.30. The van der Waals surface area contributed by atoms with Gasteiger partial charge in [-0.25, -0.2) is 13.1 Å². The second-order valence-corrected chi connectivity index (χ2v) is 7.72. The number of hydrogen-bond acceptors (Lipinski definition) is 7. The highest BCUT2D eigenvalue weighted by atomic mass is 35.5. The summed E-state index contributed by atoms with van der Waals surface area (Å²) in [7, 11) is -2.54. The van der Waals surface area contributed by atoms with Crippen molar-refractivity contribution in [1.29, 1.82) is 0 Å². The van der Waals surface area contributed by atoms with E-state index >= 15 is 0 Å². The average Bonchev–Trinajstić information content (AvgIpc) is 2.64. The quantitative estimate of drug-likeness (QED) is 0.319. The van der Waals surface area contributed by atoms with Crippen molar-refractivity contribution in [2.75, 3.05) is 12.4 Å². The van der Waals surface area contributed by atoms with Crippen LogP contribution in [0.25, 0.3) is 0 Å². The third-order valence-corrected chi connectivity index (χ3v) is 5.21. The number of allylic oxidation sites excluding steroid dienone is 1. The molecule has 0 radical (unpaired) electrons. The lowest BCUT2D eigenvalue weighted by atomic mass is 10.3. The first kappa shape index (κ1) is 21.4. The Labute approximate surface area is 166 Å². The number of sulfonamides is 1. The number of aliphatic hydroxyl groups is 1. The molecular formula is C17H17ClN4O5S. The van der Waals surface area contributed by atoms with E-state index in [9.17, 15) is 23.4 Å². The smallest absolute Gasteiger partial charge is 0.279 e. The van der Waals surface area contributed by atoms with E-state index in [1.165, 1.54) is 20.0 Å². The Kier molecular flexibility index (Phi) is 6.73. The van der Waals surface area contributed by atoms with Crippen molar-refractivity contribution in [2.45, 2.75) is 11.8 Å². The summed E-state index contributed by atoms with van der Waals surface area (Å²) >= 11 is 5.98. The van der Waals surface area contributed by atoms with E-state index in [2.05, 4.69) is 20.3 Å². The normalized spacial score (nSPS) is 12.7. The number of nitrogens with one attached hydrogen (secondary N) is 2. The summed E-state index contributed by atoms with van der Waals surface area (Å²) in [5.41, 5.74) is -0.352. The highest BCUT2D eigenvalue weighted by molar-refractivity contribution is 7.89. The fraction of sp³-hybridized carbons (Fsp3) is 0.118. The van der Waals surface area contributed by atoms with Gasteiger partial charge in [-0.05, 0) is 44.3 Å². The van der Waals surface area contributed by atoms with Crippen LogP contribution in [-0.2, 0) is 14.8 Å². The lowest BCUT2D eigenvalue weighted by Gasteiger charge is -2.08. The Morgan fingerprint density at radius 2 is 1.86 bits per heavy atom. The molecule has 0 aliphatic heterocycles. The first-order valence-corrected chi connectivity index (χ1v) is 9.66. The topological polar surface area (TPSA) is 140 Å².